The minimum Gasteiger partial charge on any atom is -0.323 e. The molecule has 0 aliphatic rings. The summed E-state index contributed by atoms with van der Waals surface area (Å²) >= 11 is 0. The van der Waals surface area contributed by atoms with Gasteiger partial charge in [0.05, 0.1) is 11.0 Å². The Morgan fingerprint density at radius 3 is 2.36 bits per heavy atom. The number of para-hydroxylation sites is 2. The minimum absolute atomic E-state index is 0.911. The number of aromatic nitrogens is 2. The van der Waals surface area contributed by atoms with E-state index in [9.17, 15) is 0 Å². The van der Waals surface area contributed by atoms with E-state index in [-0.39, 0.29) is 0 Å². The fraction of sp³-hybridized carbons (Fsp3) is 0.350. The lowest BCUT2D eigenvalue weighted by atomic mass is 9.99. The van der Waals surface area contributed by atoms with Gasteiger partial charge in [0.15, 0.2) is 0 Å². The van der Waals surface area contributed by atoms with E-state index in [4.69, 9.17) is 4.98 Å². The standard InChI is InChI=1S/C20H24N2/c1-5-8-20-21-18-9-6-7-10-19(18)22(20)13-17-15(3)11-14(2)12-16(17)4/h6-7,9-12H,5,8,13H2,1-4H3. The average molecular weight is 292 g/mol. The van der Waals surface area contributed by atoms with Crippen molar-refractivity contribution in [2.24, 2.45) is 0 Å². The van der Waals surface area contributed by atoms with Crippen LogP contribution in [0.2, 0.25) is 0 Å². The summed E-state index contributed by atoms with van der Waals surface area (Å²) in [6.07, 6.45) is 2.15. The van der Waals surface area contributed by atoms with E-state index in [0.29, 0.717) is 0 Å². The molecule has 114 valence electrons. The SMILES string of the molecule is CCCc1nc2ccccc2n1Cc1c(C)cc(C)cc1C. The monoisotopic (exact) mass is 292 g/mol. The van der Waals surface area contributed by atoms with E-state index < -0.39 is 0 Å². The van der Waals surface area contributed by atoms with Gasteiger partial charge in [-0.3, -0.25) is 0 Å². The molecule has 0 saturated heterocycles. The van der Waals surface area contributed by atoms with Gasteiger partial charge in [-0.25, -0.2) is 4.98 Å². The number of imidazole rings is 1. The summed E-state index contributed by atoms with van der Waals surface area (Å²) in [7, 11) is 0. The maximum Gasteiger partial charge on any atom is 0.110 e. The lowest BCUT2D eigenvalue weighted by Crippen LogP contribution is -2.08. The maximum absolute atomic E-state index is 4.84. The van der Waals surface area contributed by atoms with E-state index in [1.54, 1.807) is 0 Å². The maximum atomic E-state index is 4.84. The van der Waals surface area contributed by atoms with Crippen LogP contribution < -0.4 is 0 Å². The molecule has 0 atom stereocenters. The first-order chi connectivity index (χ1) is 10.6. The predicted octanol–water partition coefficient (Wildman–Crippen LogP) is 4.96. The molecule has 3 rings (SSSR count). The van der Waals surface area contributed by atoms with Gasteiger partial charge in [0.2, 0.25) is 0 Å². The van der Waals surface area contributed by atoms with Crippen molar-refractivity contribution >= 4 is 11.0 Å². The second kappa shape index (κ2) is 5.96. The van der Waals surface area contributed by atoms with Crippen molar-refractivity contribution in [2.45, 2.75) is 47.1 Å². The Kier molecular flexibility index (Phi) is 4.02. The van der Waals surface area contributed by atoms with Crippen LogP contribution in [0.1, 0.15) is 41.4 Å². The van der Waals surface area contributed by atoms with Gasteiger partial charge < -0.3 is 4.57 Å². The lowest BCUT2D eigenvalue weighted by molar-refractivity contribution is 0.717. The normalized spacial score (nSPS) is 11.3. The van der Waals surface area contributed by atoms with Crippen molar-refractivity contribution < 1.29 is 0 Å². The highest BCUT2D eigenvalue weighted by Gasteiger charge is 2.12. The van der Waals surface area contributed by atoms with Gasteiger partial charge in [-0.1, -0.05) is 36.8 Å². The smallest absolute Gasteiger partial charge is 0.110 e. The minimum atomic E-state index is 0.911. The summed E-state index contributed by atoms with van der Waals surface area (Å²) in [6, 6.07) is 13.0. The lowest BCUT2D eigenvalue weighted by Gasteiger charge is -2.15. The van der Waals surface area contributed by atoms with E-state index >= 15 is 0 Å². The first-order valence-electron chi connectivity index (χ1n) is 8.11. The van der Waals surface area contributed by atoms with Crippen LogP contribution in [0, 0.1) is 20.8 Å². The van der Waals surface area contributed by atoms with Gasteiger partial charge in [0.1, 0.15) is 5.82 Å². The summed E-state index contributed by atoms with van der Waals surface area (Å²) in [5.41, 5.74) is 7.85. The number of rotatable bonds is 4. The zero-order valence-corrected chi connectivity index (χ0v) is 14.0. The molecule has 0 N–H and O–H groups in total. The van der Waals surface area contributed by atoms with E-state index in [2.05, 4.69) is 68.7 Å². The number of fused-ring (bicyclic) bond motifs is 1. The van der Waals surface area contributed by atoms with E-state index in [1.807, 2.05) is 0 Å². The van der Waals surface area contributed by atoms with Gasteiger partial charge in [-0.15, -0.1) is 0 Å². The van der Waals surface area contributed by atoms with Crippen LogP contribution in [0.3, 0.4) is 0 Å². The Bertz CT molecular complexity index is 789. The Morgan fingerprint density at radius 1 is 1.00 bits per heavy atom. The summed E-state index contributed by atoms with van der Waals surface area (Å²) in [4.78, 5) is 4.84. The van der Waals surface area contributed by atoms with Crippen molar-refractivity contribution in [2.75, 3.05) is 0 Å². The molecule has 2 nitrogen and oxygen atoms in total. The van der Waals surface area contributed by atoms with Gasteiger partial charge in [-0.05, 0) is 56.0 Å². The Labute approximate surface area is 132 Å². The highest BCUT2D eigenvalue weighted by atomic mass is 15.1. The largest absolute Gasteiger partial charge is 0.323 e. The first-order valence-corrected chi connectivity index (χ1v) is 8.11. The second-order valence-electron chi connectivity index (χ2n) is 6.23. The molecule has 1 aromatic heterocycles. The van der Waals surface area contributed by atoms with E-state index in [0.717, 1.165) is 24.9 Å². The molecule has 0 aliphatic heterocycles. The molecule has 2 aromatic carbocycles. The molecule has 0 aliphatic carbocycles. The molecular weight excluding hydrogens is 268 g/mol. The molecule has 0 bridgehead atoms. The molecule has 0 radical (unpaired) electrons. The van der Waals surface area contributed by atoms with Crippen LogP contribution in [0.4, 0.5) is 0 Å². The van der Waals surface area contributed by atoms with Crippen molar-refractivity contribution in [3.63, 3.8) is 0 Å². The van der Waals surface area contributed by atoms with Gasteiger partial charge in [-0.2, -0.15) is 0 Å². The van der Waals surface area contributed by atoms with Gasteiger partial charge in [0, 0.05) is 13.0 Å². The van der Waals surface area contributed by atoms with Crippen LogP contribution >= 0.6 is 0 Å². The van der Waals surface area contributed by atoms with Crippen LogP contribution in [0.25, 0.3) is 11.0 Å². The number of hydrogen-bond donors (Lipinski definition) is 0. The van der Waals surface area contributed by atoms with Crippen LogP contribution in [0.15, 0.2) is 36.4 Å². The Balaban J connectivity index is 2.12. The Morgan fingerprint density at radius 2 is 1.68 bits per heavy atom. The van der Waals surface area contributed by atoms with Crippen LogP contribution in [-0.4, -0.2) is 9.55 Å². The van der Waals surface area contributed by atoms with Crippen molar-refractivity contribution in [1.82, 2.24) is 9.55 Å². The highest BCUT2D eigenvalue weighted by Crippen LogP contribution is 2.23. The molecule has 0 saturated carbocycles. The van der Waals surface area contributed by atoms with Crippen molar-refractivity contribution in [3.8, 4) is 0 Å². The zero-order valence-electron chi connectivity index (χ0n) is 14.0. The molecule has 0 fully saturated rings. The molecule has 3 aromatic rings. The number of benzene rings is 2. The second-order valence-corrected chi connectivity index (χ2v) is 6.23. The molecule has 0 unspecified atom stereocenters. The first kappa shape index (κ1) is 14.8. The van der Waals surface area contributed by atoms with Crippen LogP contribution in [-0.2, 0) is 13.0 Å². The molecule has 0 spiro atoms. The summed E-state index contributed by atoms with van der Waals surface area (Å²) < 4.78 is 2.39. The summed E-state index contributed by atoms with van der Waals surface area (Å²) in [5, 5.41) is 0. The number of hydrogen-bond acceptors (Lipinski definition) is 1. The molecule has 1 heterocycles. The van der Waals surface area contributed by atoms with Crippen LogP contribution in [0.5, 0.6) is 0 Å². The van der Waals surface area contributed by atoms with E-state index in [1.165, 1.54) is 33.6 Å². The average Bonchev–Trinajstić information content (AvgIpc) is 2.81. The fourth-order valence-electron chi connectivity index (χ4n) is 3.33. The summed E-state index contributed by atoms with van der Waals surface area (Å²) in [5.74, 6) is 1.20. The van der Waals surface area contributed by atoms with Gasteiger partial charge >= 0.3 is 0 Å². The highest BCUT2D eigenvalue weighted by molar-refractivity contribution is 5.76. The third kappa shape index (κ3) is 2.66. The zero-order chi connectivity index (χ0) is 15.7. The molecular formula is C20H24N2. The number of nitrogens with zero attached hydrogens (tertiary/aromatic N) is 2. The third-order valence-corrected chi connectivity index (χ3v) is 4.36. The Hall–Kier alpha value is -2.09. The number of aryl methyl sites for hydroxylation is 4. The third-order valence-electron chi connectivity index (χ3n) is 4.36. The fourth-order valence-corrected chi connectivity index (χ4v) is 3.33. The van der Waals surface area contributed by atoms with Crippen molar-refractivity contribution in [1.29, 1.82) is 0 Å². The topological polar surface area (TPSA) is 17.8 Å². The molecule has 2 heteroatoms. The molecule has 22 heavy (non-hydrogen) atoms. The summed E-state index contributed by atoms with van der Waals surface area (Å²) in [6.45, 7) is 9.72. The predicted molar refractivity (Wildman–Crippen MR) is 93.5 cm³/mol. The molecule has 0 amide bonds. The van der Waals surface area contributed by atoms with Gasteiger partial charge in [0.25, 0.3) is 0 Å². The quantitative estimate of drug-likeness (QED) is 0.664. The van der Waals surface area contributed by atoms with Crippen molar-refractivity contribution in [3.05, 3.63) is 64.5 Å².